The Labute approximate surface area is 149 Å². The Kier molecular flexibility index (Phi) is 3.85. The third-order valence-corrected chi connectivity index (χ3v) is 5.40. The third kappa shape index (κ3) is 2.64. The van der Waals surface area contributed by atoms with E-state index in [0.29, 0.717) is 24.3 Å². The summed E-state index contributed by atoms with van der Waals surface area (Å²) < 4.78 is 16.7. The highest BCUT2D eigenvalue weighted by molar-refractivity contribution is 6.38. The number of ketones is 1. The average molecular weight is 364 g/mol. The summed E-state index contributed by atoms with van der Waals surface area (Å²) in [4.78, 5) is 26.3. The van der Waals surface area contributed by atoms with Gasteiger partial charge >= 0.3 is 0 Å². The van der Waals surface area contributed by atoms with E-state index in [1.54, 1.807) is 6.20 Å². The van der Waals surface area contributed by atoms with Gasteiger partial charge in [0, 0.05) is 31.4 Å². The van der Waals surface area contributed by atoms with Gasteiger partial charge in [-0.15, -0.1) is 0 Å². The molecule has 1 aromatic heterocycles. The molecule has 5 nitrogen and oxygen atoms in total. The zero-order valence-electron chi connectivity index (χ0n) is 13.9. The van der Waals surface area contributed by atoms with Gasteiger partial charge in [0.2, 0.25) is 0 Å². The highest BCUT2D eigenvalue weighted by Crippen LogP contribution is 2.42. The number of Topliss-reactive ketones (excluding diaryl/α,β-unsaturated/α-hetero) is 1. The van der Waals surface area contributed by atoms with E-state index in [2.05, 4.69) is 0 Å². The van der Waals surface area contributed by atoms with Gasteiger partial charge < -0.3 is 15.2 Å². The quantitative estimate of drug-likeness (QED) is 0.851. The summed E-state index contributed by atoms with van der Waals surface area (Å²) in [7, 11) is 0. The third-order valence-electron chi connectivity index (χ3n) is 5.04. The number of halogens is 2. The molecule has 132 valence electrons. The monoisotopic (exact) mass is 363 g/mol. The van der Waals surface area contributed by atoms with Crippen molar-refractivity contribution in [2.45, 2.75) is 38.3 Å². The number of nitrogens with two attached hydrogens (primary N) is 1. The van der Waals surface area contributed by atoms with Crippen LogP contribution < -0.4 is 16.1 Å². The summed E-state index contributed by atoms with van der Waals surface area (Å²) in [5.41, 5.74) is 6.36. The zero-order valence-corrected chi connectivity index (χ0v) is 14.6. The Hall–Kier alpha value is -1.92. The van der Waals surface area contributed by atoms with Crippen LogP contribution in [0.2, 0.25) is 5.02 Å². The molecule has 2 N–H and O–H groups in total. The summed E-state index contributed by atoms with van der Waals surface area (Å²) >= 11 is 6.59. The molecule has 2 aliphatic rings. The van der Waals surface area contributed by atoms with Crippen molar-refractivity contribution in [1.29, 1.82) is 0 Å². The van der Waals surface area contributed by atoms with Crippen LogP contribution in [0.1, 0.15) is 42.6 Å². The van der Waals surface area contributed by atoms with Crippen LogP contribution in [0.5, 0.6) is 0 Å². The number of anilines is 1. The van der Waals surface area contributed by atoms with Crippen molar-refractivity contribution in [3.8, 4) is 0 Å². The Morgan fingerprint density at radius 2 is 2.08 bits per heavy atom. The molecule has 1 atom stereocenters. The minimum atomic E-state index is -0.549. The molecule has 2 fully saturated rings. The van der Waals surface area contributed by atoms with Crippen molar-refractivity contribution in [1.82, 2.24) is 4.57 Å². The lowest BCUT2D eigenvalue weighted by molar-refractivity contribution is 0.101. The second-order valence-electron chi connectivity index (χ2n) is 6.98. The normalized spacial score (nSPS) is 20.5. The van der Waals surface area contributed by atoms with E-state index in [0.717, 1.165) is 19.3 Å². The SMILES string of the molecule is CC(=O)c1cn(C2CC2)c2c(Cl)c(N3CCC(N)C3)c(F)cc2c1=O. The molecule has 1 saturated heterocycles. The van der Waals surface area contributed by atoms with Gasteiger partial charge in [0.05, 0.1) is 27.2 Å². The number of nitrogens with zero attached hydrogens (tertiary/aromatic N) is 2. The number of pyridine rings is 1. The summed E-state index contributed by atoms with van der Waals surface area (Å²) in [5.74, 6) is -0.876. The molecule has 2 aromatic rings. The van der Waals surface area contributed by atoms with Crippen LogP contribution in [0.4, 0.5) is 10.1 Å². The maximum Gasteiger partial charge on any atom is 0.200 e. The molecule has 0 bridgehead atoms. The van der Waals surface area contributed by atoms with Gasteiger partial charge in [-0.25, -0.2) is 4.39 Å². The summed E-state index contributed by atoms with van der Waals surface area (Å²) in [6, 6.07) is 1.39. The van der Waals surface area contributed by atoms with Gasteiger partial charge in [-0.2, -0.15) is 0 Å². The van der Waals surface area contributed by atoms with Crippen LogP contribution in [0.3, 0.4) is 0 Å². The van der Waals surface area contributed by atoms with E-state index >= 15 is 0 Å². The Morgan fingerprint density at radius 1 is 1.36 bits per heavy atom. The molecule has 25 heavy (non-hydrogen) atoms. The fourth-order valence-electron chi connectivity index (χ4n) is 3.60. The van der Waals surface area contributed by atoms with Crippen LogP contribution in [0, 0.1) is 5.82 Å². The second-order valence-corrected chi connectivity index (χ2v) is 7.36. The minimum Gasteiger partial charge on any atom is -0.366 e. The molecule has 1 aliphatic heterocycles. The van der Waals surface area contributed by atoms with Crippen molar-refractivity contribution in [2.24, 2.45) is 5.73 Å². The van der Waals surface area contributed by atoms with Crippen molar-refractivity contribution in [3.05, 3.63) is 38.9 Å². The van der Waals surface area contributed by atoms with Gasteiger partial charge in [-0.1, -0.05) is 11.6 Å². The van der Waals surface area contributed by atoms with E-state index in [9.17, 15) is 14.0 Å². The predicted octanol–water partition coefficient (Wildman–Crippen LogP) is 2.87. The lowest BCUT2D eigenvalue weighted by Crippen LogP contribution is -2.27. The molecule has 0 amide bonds. The van der Waals surface area contributed by atoms with Crippen molar-refractivity contribution in [2.75, 3.05) is 18.0 Å². The number of carbonyl (C=O) groups is 1. The topological polar surface area (TPSA) is 68.3 Å². The van der Waals surface area contributed by atoms with Gasteiger partial charge in [0.15, 0.2) is 11.2 Å². The van der Waals surface area contributed by atoms with Gasteiger partial charge in [-0.05, 0) is 32.3 Å². The number of carbonyl (C=O) groups excluding carboxylic acids is 1. The van der Waals surface area contributed by atoms with E-state index in [1.807, 2.05) is 9.47 Å². The van der Waals surface area contributed by atoms with Gasteiger partial charge in [0.25, 0.3) is 0 Å². The number of aromatic nitrogens is 1. The number of hydrogen-bond donors (Lipinski definition) is 1. The minimum absolute atomic E-state index is 0.0168. The molecular formula is C18H19ClFN3O2. The van der Waals surface area contributed by atoms with Crippen LogP contribution in [0.25, 0.3) is 10.9 Å². The molecule has 1 aliphatic carbocycles. The van der Waals surface area contributed by atoms with Crippen LogP contribution >= 0.6 is 11.6 Å². The fourth-order valence-corrected chi connectivity index (χ4v) is 4.01. The largest absolute Gasteiger partial charge is 0.366 e. The van der Waals surface area contributed by atoms with Gasteiger partial charge in [0.1, 0.15) is 5.82 Å². The summed E-state index contributed by atoms with van der Waals surface area (Å²) in [5, 5.41) is 0.387. The smallest absolute Gasteiger partial charge is 0.200 e. The molecule has 2 heterocycles. The zero-order chi connectivity index (χ0) is 17.9. The Morgan fingerprint density at radius 3 is 2.64 bits per heavy atom. The predicted molar refractivity (Wildman–Crippen MR) is 96.3 cm³/mol. The first-order chi connectivity index (χ1) is 11.9. The van der Waals surface area contributed by atoms with E-state index < -0.39 is 11.2 Å². The molecule has 1 unspecified atom stereocenters. The average Bonchev–Trinajstić information content (AvgIpc) is 3.30. The highest BCUT2D eigenvalue weighted by atomic mass is 35.5. The van der Waals surface area contributed by atoms with Crippen LogP contribution in [-0.2, 0) is 0 Å². The molecule has 4 rings (SSSR count). The lowest BCUT2D eigenvalue weighted by atomic mass is 10.1. The van der Waals surface area contributed by atoms with Crippen molar-refractivity contribution < 1.29 is 9.18 Å². The molecule has 7 heteroatoms. The first-order valence-electron chi connectivity index (χ1n) is 8.46. The highest BCUT2D eigenvalue weighted by Gasteiger charge is 2.31. The summed E-state index contributed by atoms with van der Waals surface area (Å²) in [6.07, 6.45) is 4.25. The van der Waals surface area contributed by atoms with Crippen molar-refractivity contribution in [3.63, 3.8) is 0 Å². The fraction of sp³-hybridized carbons (Fsp3) is 0.444. The molecule has 0 radical (unpaired) electrons. The standard InChI is InChI=1S/C18H19ClFN3O2/c1-9(24)13-8-23(11-2-3-11)16-12(18(13)25)6-14(20)17(15(16)19)22-5-4-10(21)7-22/h6,8,10-11H,2-5,7,21H2,1H3. The first kappa shape index (κ1) is 16.5. The van der Waals surface area contributed by atoms with Gasteiger partial charge in [-0.3, -0.25) is 9.59 Å². The second kappa shape index (κ2) is 5.81. The van der Waals surface area contributed by atoms with E-state index in [-0.39, 0.29) is 33.8 Å². The summed E-state index contributed by atoms with van der Waals surface area (Å²) in [6.45, 7) is 2.50. The lowest BCUT2D eigenvalue weighted by Gasteiger charge is -2.23. The number of fused-ring (bicyclic) bond motifs is 1. The molecular weight excluding hydrogens is 345 g/mol. The number of benzene rings is 1. The van der Waals surface area contributed by atoms with Crippen LogP contribution in [0.15, 0.2) is 17.1 Å². The molecule has 0 spiro atoms. The number of rotatable bonds is 3. The number of hydrogen-bond acceptors (Lipinski definition) is 4. The van der Waals surface area contributed by atoms with E-state index in [4.69, 9.17) is 17.3 Å². The molecule has 1 aromatic carbocycles. The van der Waals surface area contributed by atoms with E-state index in [1.165, 1.54) is 13.0 Å². The van der Waals surface area contributed by atoms with Crippen LogP contribution in [-0.4, -0.2) is 29.5 Å². The maximum absolute atomic E-state index is 14.8. The molecule has 1 saturated carbocycles. The Bertz CT molecular complexity index is 952. The van der Waals surface area contributed by atoms with Crippen molar-refractivity contribution >= 4 is 34.0 Å². The Balaban J connectivity index is 2.03. The first-order valence-corrected chi connectivity index (χ1v) is 8.84. The maximum atomic E-state index is 14.8.